The lowest BCUT2D eigenvalue weighted by Crippen LogP contribution is -2.49. The predicted octanol–water partition coefficient (Wildman–Crippen LogP) is 2.70. The van der Waals surface area contributed by atoms with Gasteiger partial charge in [0.1, 0.15) is 12.4 Å². The van der Waals surface area contributed by atoms with E-state index in [1.807, 2.05) is 43.3 Å². The van der Waals surface area contributed by atoms with E-state index in [4.69, 9.17) is 4.74 Å². The highest BCUT2D eigenvalue weighted by Gasteiger charge is 2.28. The quantitative estimate of drug-likeness (QED) is 0.770. The van der Waals surface area contributed by atoms with Crippen LogP contribution in [0.1, 0.15) is 6.92 Å². The topological polar surface area (TPSA) is 50.4 Å². The largest absolute Gasteiger partial charge is 0.491 e. The summed E-state index contributed by atoms with van der Waals surface area (Å²) in [5.41, 5.74) is 2.20. The standard InChI is InChI=1S/C20H24N2O2/c1-15(17-13-21-14-17)20(23)22-11-12-24-19-10-6-5-9-18(19)16-7-3-2-4-8-16/h2-10,15,17,21H,11-14H2,1H3,(H,22,23). The molecule has 1 atom stereocenters. The normalized spacial score (nSPS) is 15.4. The van der Waals surface area contributed by atoms with Crippen LogP contribution in [0.25, 0.3) is 11.1 Å². The zero-order valence-electron chi connectivity index (χ0n) is 14.0. The molecular formula is C20H24N2O2. The van der Waals surface area contributed by atoms with Gasteiger partial charge in [-0.2, -0.15) is 0 Å². The Balaban J connectivity index is 1.51. The molecule has 126 valence electrons. The summed E-state index contributed by atoms with van der Waals surface area (Å²) >= 11 is 0. The van der Waals surface area contributed by atoms with Gasteiger partial charge in [0.2, 0.25) is 5.91 Å². The highest BCUT2D eigenvalue weighted by Crippen LogP contribution is 2.29. The molecule has 0 bridgehead atoms. The van der Waals surface area contributed by atoms with Crippen LogP contribution in [0.4, 0.5) is 0 Å². The number of carbonyl (C=O) groups excluding carboxylic acids is 1. The molecule has 1 aliphatic rings. The maximum atomic E-state index is 12.1. The summed E-state index contributed by atoms with van der Waals surface area (Å²) in [6.07, 6.45) is 0. The Morgan fingerprint density at radius 3 is 2.58 bits per heavy atom. The molecule has 1 amide bonds. The number of amides is 1. The fraction of sp³-hybridized carbons (Fsp3) is 0.350. The molecule has 0 saturated carbocycles. The Labute approximate surface area is 143 Å². The van der Waals surface area contributed by atoms with Crippen LogP contribution in [0.15, 0.2) is 54.6 Å². The SMILES string of the molecule is CC(C(=O)NCCOc1ccccc1-c1ccccc1)C1CNC1. The smallest absolute Gasteiger partial charge is 0.223 e. The Morgan fingerprint density at radius 1 is 1.17 bits per heavy atom. The third kappa shape index (κ3) is 3.95. The molecule has 1 fully saturated rings. The minimum absolute atomic E-state index is 0.0582. The van der Waals surface area contributed by atoms with Gasteiger partial charge in [-0.25, -0.2) is 0 Å². The molecule has 3 rings (SSSR count). The third-order valence-electron chi connectivity index (χ3n) is 4.56. The van der Waals surface area contributed by atoms with E-state index in [0.717, 1.165) is 30.0 Å². The van der Waals surface area contributed by atoms with Gasteiger partial charge in [0.05, 0.1) is 6.54 Å². The highest BCUT2D eigenvalue weighted by atomic mass is 16.5. The van der Waals surface area contributed by atoms with Crippen molar-refractivity contribution in [2.24, 2.45) is 11.8 Å². The fourth-order valence-corrected chi connectivity index (χ4v) is 2.82. The summed E-state index contributed by atoms with van der Waals surface area (Å²) in [4.78, 5) is 12.1. The number of hydrogen-bond acceptors (Lipinski definition) is 3. The zero-order valence-corrected chi connectivity index (χ0v) is 14.0. The van der Waals surface area contributed by atoms with Crippen LogP contribution >= 0.6 is 0 Å². The Kier molecular flexibility index (Phi) is 5.49. The lowest BCUT2D eigenvalue weighted by molar-refractivity contribution is -0.126. The molecule has 1 aliphatic heterocycles. The fourth-order valence-electron chi connectivity index (χ4n) is 2.82. The number of para-hydroxylation sites is 1. The van der Waals surface area contributed by atoms with Crippen molar-refractivity contribution >= 4 is 5.91 Å². The van der Waals surface area contributed by atoms with Crippen LogP contribution < -0.4 is 15.4 Å². The number of benzene rings is 2. The minimum atomic E-state index is 0.0582. The van der Waals surface area contributed by atoms with Gasteiger partial charge in [-0.1, -0.05) is 55.5 Å². The zero-order chi connectivity index (χ0) is 16.8. The third-order valence-corrected chi connectivity index (χ3v) is 4.56. The van der Waals surface area contributed by atoms with Gasteiger partial charge in [0, 0.05) is 11.5 Å². The summed E-state index contributed by atoms with van der Waals surface area (Å²) in [6, 6.07) is 18.2. The lowest BCUT2D eigenvalue weighted by atomic mass is 9.88. The Hall–Kier alpha value is -2.33. The summed E-state index contributed by atoms with van der Waals surface area (Å²) in [7, 11) is 0. The maximum Gasteiger partial charge on any atom is 0.223 e. The van der Waals surface area contributed by atoms with Crippen molar-refractivity contribution in [3.05, 3.63) is 54.6 Å². The van der Waals surface area contributed by atoms with Gasteiger partial charge >= 0.3 is 0 Å². The number of nitrogens with one attached hydrogen (secondary N) is 2. The number of carbonyl (C=O) groups is 1. The summed E-state index contributed by atoms with van der Waals surface area (Å²) in [6.45, 7) is 4.86. The minimum Gasteiger partial charge on any atom is -0.491 e. The number of rotatable bonds is 7. The van der Waals surface area contributed by atoms with Crippen LogP contribution in [-0.2, 0) is 4.79 Å². The Morgan fingerprint density at radius 2 is 1.88 bits per heavy atom. The molecule has 2 aromatic carbocycles. The summed E-state index contributed by atoms with van der Waals surface area (Å²) < 4.78 is 5.90. The van der Waals surface area contributed by atoms with Crippen molar-refractivity contribution in [1.82, 2.24) is 10.6 Å². The maximum absolute atomic E-state index is 12.1. The second-order valence-corrected chi connectivity index (χ2v) is 6.21. The molecule has 0 spiro atoms. The molecule has 24 heavy (non-hydrogen) atoms. The summed E-state index contributed by atoms with van der Waals surface area (Å²) in [5.74, 6) is 1.48. The monoisotopic (exact) mass is 324 g/mol. The van der Waals surface area contributed by atoms with E-state index < -0.39 is 0 Å². The van der Waals surface area contributed by atoms with Crippen LogP contribution in [0, 0.1) is 11.8 Å². The number of hydrogen-bond donors (Lipinski definition) is 2. The molecule has 0 aromatic heterocycles. The van der Waals surface area contributed by atoms with E-state index in [1.54, 1.807) is 0 Å². The van der Waals surface area contributed by atoms with Crippen LogP contribution in [0.5, 0.6) is 5.75 Å². The van der Waals surface area contributed by atoms with E-state index in [-0.39, 0.29) is 11.8 Å². The van der Waals surface area contributed by atoms with E-state index >= 15 is 0 Å². The average Bonchev–Trinajstić information content (AvgIpc) is 2.58. The lowest BCUT2D eigenvalue weighted by Gasteiger charge is -2.31. The molecule has 1 unspecified atom stereocenters. The molecule has 4 heteroatoms. The van der Waals surface area contributed by atoms with Crippen molar-refractivity contribution in [1.29, 1.82) is 0 Å². The van der Waals surface area contributed by atoms with Gasteiger partial charge in [-0.05, 0) is 30.6 Å². The first-order chi connectivity index (χ1) is 11.8. The first-order valence-electron chi connectivity index (χ1n) is 8.51. The van der Waals surface area contributed by atoms with E-state index in [0.29, 0.717) is 19.1 Å². The predicted molar refractivity (Wildman–Crippen MR) is 95.9 cm³/mol. The molecule has 1 heterocycles. The molecule has 4 nitrogen and oxygen atoms in total. The molecule has 0 aliphatic carbocycles. The van der Waals surface area contributed by atoms with Gasteiger partial charge < -0.3 is 15.4 Å². The first-order valence-corrected chi connectivity index (χ1v) is 8.51. The second-order valence-electron chi connectivity index (χ2n) is 6.21. The van der Waals surface area contributed by atoms with Gasteiger partial charge in [0.25, 0.3) is 0 Å². The van der Waals surface area contributed by atoms with E-state index in [1.165, 1.54) is 0 Å². The van der Waals surface area contributed by atoms with E-state index in [9.17, 15) is 4.79 Å². The van der Waals surface area contributed by atoms with Crippen LogP contribution in [0.2, 0.25) is 0 Å². The van der Waals surface area contributed by atoms with Crippen molar-refractivity contribution in [3.63, 3.8) is 0 Å². The molecule has 0 radical (unpaired) electrons. The van der Waals surface area contributed by atoms with Crippen molar-refractivity contribution in [3.8, 4) is 16.9 Å². The van der Waals surface area contributed by atoms with Crippen LogP contribution in [-0.4, -0.2) is 32.1 Å². The molecular weight excluding hydrogens is 300 g/mol. The number of ether oxygens (including phenoxy) is 1. The van der Waals surface area contributed by atoms with Crippen molar-refractivity contribution in [2.75, 3.05) is 26.2 Å². The van der Waals surface area contributed by atoms with Gasteiger partial charge in [0.15, 0.2) is 0 Å². The second kappa shape index (κ2) is 7.97. The molecule has 1 saturated heterocycles. The first kappa shape index (κ1) is 16.5. The molecule has 2 N–H and O–H groups in total. The van der Waals surface area contributed by atoms with Gasteiger partial charge in [-0.3, -0.25) is 4.79 Å². The summed E-state index contributed by atoms with van der Waals surface area (Å²) in [5, 5.41) is 6.17. The average molecular weight is 324 g/mol. The molecule has 2 aromatic rings. The highest BCUT2D eigenvalue weighted by molar-refractivity contribution is 5.78. The Bertz CT molecular complexity index is 668. The van der Waals surface area contributed by atoms with Gasteiger partial charge in [-0.15, -0.1) is 0 Å². The van der Waals surface area contributed by atoms with Crippen molar-refractivity contribution in [2.45, 2.75) is 6.92 Å². The van der Waals surface area contributed by atoms with Crippen molar-refractivity contribution < 1.29 is 9.53 Å². The van der Waals surface area contributed by atoms with Crippen LogP contribution in [0.3, 0.4) is 0 Å². The van der Waals surface area contributed by atoms with E-state index in [2.05, 4.69) is 28.8 Å².